The van der Waals surface area contributed by atoms with Crippen molar-refractivity contribution < 1.29 is 37.7 Å². The molecule has 0 aliphatic rings. The van der Waals surface area contributed by atoms with Gasteiger partial charge in [-0.3, -0.25) is 4.79 Å². The molecule has 0 saturated heterocycles. The predicted octanol–water partition coefficient (Wildman–Crippen LogP) is -0.315. The Hall–Kier alpha value is -2.33. The zero-order chi connectivity index (χ0) is 22.7. The molecule has 1 heterocycles. The molecule has 3 rings (SSSR count). The maximum absolute atomic E-state index is 13.3. The van der Waals surface area contributed by atoms with E-state index in [-0.39, 0.29) is 32.7 Å². The Morgan fingerprint density at radius 2 is 1.70 bits per heavy atom. The number of aliphatic hydroxyl groups excluding tert-OH is 1. The number of ketones is 1. The average molecular weight is 481 g/mol. The Morgan fingerprint density at radius 3 is 2.23 bits per heavy atom. The van der Waals surface area contributed by atoms with Gasteiger partial charge >= 0.3 is 6.18 Å². The second-order valence-corrected chi connectivity index (χ2v) is 7.98. The molecule has 3 aromatic rings. The lowest BCUT2D eigenvalue weighted by atomic mass is 9.73. The first kappa shape index (κ1) is 22.4. The summed E-state index contributed by atoms with van der Waals surface area (Å²) < 4.78 is 45.3. The van der Waals surface area contributed by atoms with Crippen LogP contribution in [0, 0.1) is 0 Å². The van der Waals surface area contributed by atoms with Gasteiger partial charge in [0.05, 0.1) is 15.6 Å². The first-order valence-corrected chi connectivity index (χ1v) is 9.64. The fourth-order valence-electron chi connectivity index (χ4n) is 3.43. The molecule has 0 fully saturated rings. The van der Waals surface area contributed by atoms with Crippen molar-refractivity contribution in [2.75, 3.05) is 0 Å². The number of benzene rings is 2. The minimum Gasteiger partial charge on any atom is -0.509 e. The second-order valence-electron chi connectivity index (χ2n) is 7.13. The Labute approximate surface area is 180 Å². The summed E-state index contributed by atoms with van der Waals surface area (Å²) in [7, 11) is 4.86. The molecular weight excluding hydrogens is 466 g/mol. The van der Waals surface area contributed by atoms with Gasteiger partial charge in [0.15, 0.2) is 5.78 Å². The lowest BCUT2D eigenvalue weighted by Crippen LogP contribution is -2.32. The molecule has 1 atom stereocenters. The van der Waals surface area contributed by atoms with Crippen molar-refractivity contribution in [2.45, 2.75) is 19.2 Å². The van der Waals surface area contributed by atoms with Crippen LogP contribution in [-0.4, -0.2) is 44.6 Å². The van der Waals surface area contributed by atoms with Gasteiger partial charge in [0.1, 0.15) is 52.5 Å². The number of fused-ring (bicyclic) bond motifs is 1. The van der Waals surface area contributed by atoms with Gasteiger partial charge < -0.3 is 19.7 Å². The van der Waals surface area contributed by atoms with Crippen molar-refractivity contribution in [2.24, 2.45) is 0 Å². The highest BCUT2D eigenvalue weighted by Gasteiger charge is 2.37. The SMILES string of the molecule is Bc1c(O)c(B)c2oc(C(C)O)c(C(=O)c3cc(Br)c(O)c(C(F)(F)F)c3)c2c1B. The molecule has 0 aliphatic carbocycles. The summed E-state index contributed by atoms with van der Waals surface area (Å²) >= 11 is 2.86. The third kappa shape index (κ3) is 3.41. The number of furan rings is 1. The normalized spacial score (nSPS) is 13.0. The standard InChI is InChI=1S/C18H15B3BrF3O5/c1-4(26)16-9(8-10(19)11(20)15(29)12(21)17(8)30-16)13(27)5-2-6(18(23,24)25)14(28)7(22)3-5/h2-4,26,28-29H,19-21H2,1H3. The highest BCUT2D eigenvalue weighted by atomic mass is 79.9. The van der Waals surface area contributed by atoms with Gasteiger partial charge in [-0.1, -0.05) is 10.9 Å². The molecular formula is C18H15B3BrF3O5. The van der Waals surface area contributed by atoms with E-state index in [1.54, 1.807) is 23.5 Å². The van der Waals surface area contributed by atoms with Gasteiger partial charge in [0.25, 0.3) is 0 Å². The summed E-state index contributed by atoms with van der Waals surface area (Å²) in [4.78, 5) is 13.3. The van der Waals surface area contributed by atoms with Gasteiger partial charge in [-0.2, -0.15) is 13.2 Å². The summed E-state index contributed by atoms with van der Waals surface area (Å²) in [5.41, 5.74) is -0.307. The van der Waals surface area contributed by atoms with Crippen molar-refractivity contribution >= 4 is 72.6 Å². The first-order chi connectivity index (χ1) is 13.8. The molecule has 0 aliphatic heterocycles. The topological polar surface area (TPSA) is 90.9 Å². The van der Waals surface area contributed by atoms with Crippen LogP contribution in [0.15, 0.2) is 21.0 Å². The van der Waals surface area contributed by atoms with Gasteiger partial charge in [0.2, 0.25) is 0 Å². The van der Waals surface area contributed by atoms with E-state index in [2.05, 4.69) is 15.9 Å². The van der Waals surface area contributed by atoms with Crippen LogP contribution in [0.25, 0.3) is 11.0 Å². The van der Waals surface area contributed by atoms with Crippen LogP contribution < -0.4 is 16.4 Å². The molecule has 1 aromatic heterocycles. The first-order valence-electron chi connectivity index (χ1n) is 8.84. The number of carbonyl (C=O) groups is 1. The van der Waals surface area contributed by atoms with Gasteiger partial charge in [-0.15, -0.1) is 0 Å². The third-order valence-corrected chi connectivity index (χ3v) is 5.77. The van der Waals surface area contributed by atoms with Crippen molar-refractivity contribution in [3.63, 3.8) is 0 Å². The van der Waals surface area contributed by atoms with Crippen LogP contribution in [0.3, 0.4) is 0 Å². The molecule has 5 nitrogen and oxygen atoms in total. The Morgan fingerprint density at radius 1 is 1.10 bits per heavy atom. The molecule has 154 valence electrons. The van der Waals surface area contributed by atoms with E-state index >= 15 is 0 Å². The molecule has 1 unspecified atom stereocenters. The number of rotatable bonds is 3. The van der Waals surface area contributed by atoms with Crippen molar-refractivity contribution in [3.05, 3.63) is 39.1 Å². The molecule has 0 bridgehead atoms. The number of phenols is 2. The summed E-state index contributed by atoms with van der Waals surface area (Å²) in [6, 6.07) is 1.63. The zero-order valence-electron chi connectivity index (χ0n) is 16.4. The molecule has 2 aromatic carbocycles. The molecule has 30 heavy (non-hydrogen) atoms. The van der Waals surface area contributed by atoms with Crippen LogP contribution in [-0.2, 0) is 6.18 Å². The highest BCUT2D eigenvalue weighted by molar-refractivity contribution is 9.10. The van der Waals surface area contributed by atoms with E-state index in [0.29, 0.717) is 27.8 Å². The van der Waals surface area contributed by atoms with Crippen LogP contribution in [0.4, 0.5) is 13.2 Å². The van der Waals surface area contributed by atoms with Gasteiger partial charge in [-0.05, 0) is 40.4 Å². The summed E-state index contributed by atoms with van der Waals surface area (Å²) in [5.74, 6) is -2.00. The van der Waals surface area contributed by atoms with Gasteiger partial charge in [0, 0.05) is 10.9 Å². The molecule has 0 saturated carbocycles. The second kappa shape index (κ2) is 7.42. The van der Waals surface area contributed by atoms with E-state index < -0.39 is 29.4 Å². The van der Waals surface area contributed by atoms with E-state index in [9.17, 15) is 33.3 Å². The molecule has 0 radical (unpaired) electrons. The van der Waals surface area contributed by atoms with E-state index in [1.165, 1.54) is 6.92 Å². The molecule has 12 heteroatoms. The van der Waals surface area contributed by atoms with Gasteiger partial charge in [-0.25, -0.2) is 0 Å². The predicted molar refractivity (Wildman–Crippen MR) is 117 cm³/mol. The number of hydrogen-bond donors (Lipinski definition) is 3. The highest BCUT2D eigenvalue weighted by Crippen LogP contribution is 2.41. The maximum atomic E-state index is 13.3. The van der Waals surface area contributed by atoms with Crippen molar-refractivity contribution in [3.8, 4) is 11.5 Å². The fraction of sp³-hybridized carbons (Fsp3) is 0.167. The minimum atomic E-state index is -4.89. The average Bonchev–Trinajstić information content (AvgIpc) is 3.06. The number of phenolic OH excluding ortho intramolecular Hbond substituents is 2. The number of halogens is 4. The largest absolute Gasteiger partial charge is 0.509 e. The van der Waals surface area contributed by atoms with Crippen molar-refractivity contribution in [1.82, 2.24) is 0 Å². The molecule has 0 spiro atoms. The summed E-state index contributed by atoms with van der Waals surface area (Å²) in [6.45, 7) is 1.36. The lowest BCUT2D eigenvalue weighted by molar-refractivity contribution is -0.138. The monoisotopic (exact) mass is 480 g/mol. The van der Waals surface area contributed by atoms with Crippen LogP contribution in [0.5, 0.6) is 11.5 Å². The van der Waals surface area contributed by atoms with E-state index in [0.717, 1.165) is 6.07 Å². The molecule has 3 N–H and O–H groups in total. The Kier molecular flexibility index (Phi) is 5.53. The number of hydrogen-bond acceptors (Lipinski definition) is 5. The lowest BCUT2D eigenvalue weighted by Gasteiger charge is -2.13. The minimum absolute atomic E-state index is 0.0309. The number of alkyl halides is 3. The van der Waals surface area contributed by atoms with E-state index in [1.807, 2.05) is 0 Å². The van der Waals surface area contributed by atoms with E-state index in [4.69, 9.17) is 4.42 Å². The Balaban J connectivity index is 2.39. The summed E-state index contributed by atoms with van der Waals surface area (Å²) in [5, 5.41) is 30.5. The smallest absolute Gasteiger partial charge is 0.420 e. The fourth-order valence-corrected chi connectivity index (χ4v) is 3.89. The van der Waals surface area contributed by atoms with Crippen molar-refractivity contribution in [1.29, 1.82) is 0 Å². The van der Waals surface area contributed by atoms with Crippen LogP contribution in [0.1, 0.15) is 40.3 Å². The molecule has 0 amide bonds. The maximum Gasteiger partial charge on any atom is 0.420 e. The van der Waals surface area contributed by atoms with Crippen LogP contribution in [0.2, 0.25) is 0 Å². The third-order valence-electron chi connectivity index (χ3n) is 5.16. The summed E-state index contributed by atoms with van der Waals surface area (Å²) in [6.07, 6.45) is -6.12. The van der Waals surface area contributed by atoms with Crippen LogP contribution >= 0.6 is 15.9 Å². The number of carbonyl (C=O) groups excluding carboxylic acids is 1. The number of aromatic hydroxyl groups is 2. The quantitative estimate of drug-likeness (QED) is 0.353. The number of aliphatic hydroxyl groups is 1. The Bertz CT molecular complexity index is 1200. The zero-order valence-corrected chi connectivity index (χ0v) is 18.0.